The first kappa shape index (κ1) is 10.2. The molecule has 1 aromatic heterocycles. The van der Waals surface area contributed by atoms with Gasteiger partial charge in [0.15, 0.2) is 9.84 Å². The number of hydrogen-bond donors (Lipinski definition) is 1. The lowest BCUT2D eigenvalue weighted by Gasteiger charge is -2.08. The van der Waals surface area contributed by atoms with Crippen molar-refractivity contribution in [3.05, 3.63) is 12.3 Å². The van der Waals surface area contributed by atoms with E-state index < -0.39 is 9.84 Å². The second-order valence-electron chi connectivity index (χ2n) is 3.50. The van der Waals surface area contributed by atoms with Crippen molar-refractivity contribution in [1.29, 1.82) is 0 Å². The van der Waals surface area contributed by atoms with Crippen LogP contribution in [0, 0.1) is 0 Å². The number of hydrogen-bond acceptors (Lipinski definition) is 5. The smallest absolute Gasteiger partial charge is 0.186 e. The zero-order valence-corrected chi connectivity index (χ0v) is 9.12. The molecule has 0 spiro atoms. The van der Waals surface area contributed by atoms with Gasteiger partial charge in [-0.2, -0.15) is 0 Å². The maximum Gasteiger partial charge on any atom is 0.186 e. The van der Waals surface area contributed by atoms with Crippen LogP contribution >= 0.6 is 0 Å². The van der Waals surface area contributed by atoms with Gasteiger partial charge in [-0.3, -0.25) is 0 Å². The van der Waals surface area contributed by atoms with Crippen molar-refractivity contribution >= 4 is 15.7 Å². The van der Waals surface area contributed by atoms with Crippen LogP contribution in [0.15, 0.2) is 17.2 Å². The lowest BCUT2D eigenvalue weighted by atomic mass is 10.4. The summed E-state index contributed by atoms with van der Waals surface area (Å²) in [4.78, 5) is 3.92. The fourth-order valence-electron chi connectivity index (χ4n) is 1.37. The largest absolute Gasteiger partial charge is 0.495 e. The third-order valence-corrected chi connectivity index (χ3v) is 4.61. The average Bonchev–Trinajstić information content (AvgIpc) is 3.00. The van der Waals surface area contributed by atoms with Gasteiger partial charge in [0.05, 0.1) is 18.6 Å². The number of methoxy groups -OCH3 is 1. The summed E-state index contributed by atoms with van der Waals surface area (Å²) in [6, 6.07) is 1.43. The molecular formula is C9H12N2O3S. The van der Waals surface area contributed by atoms with Crippen LogP contribution < -0.4 is 10.5 Å². The van der Waals surface area contributed by atoms with E-state index in [0.717, 1.165) is 12.8 Å². The van der Waals surface area contributed by atoms with Crippen molar-refractivity contribution < 1.29 is 13.2 Å². The number of pyridine rings is 1. The van der Waals surface area contributed by atoms with Crippen molar-refractivity contribution in [3.63, 3.8) is 0 Å². The predicted octanol–water partition coefficient (Wildman–Crippen LogP) is 0.608. The van der Waals surface area contributed by atoms with Crippen molar-refractivity contribution in [2.45, 2.75) is 23.0 Å². The number of anilines is 1. The minimum absolute atomic E-state index is 0.140. The highest BCUT2D eigenvalue weighted by Gasteiger charge is 2.38. The minimum Gasteiger partial charge on any atom is -0.495 e. The van der Waals surface area contributed by atoms with Gasteiger partial charge in [0, 0.05) is 6.07 Å². The van der Waals surface area contributed by atoms with Crippen molar-refractivity contribution in [2.24, 2.45) is 0 Å². The van der Waals surface area contributed by atoms with Crippen LogP contribution in [0.1, 0.15) is 12.8 Å². The van der Waals surface area contributed by atoms with E-state index in [9.17, 15) is 8.42 Å². The van der Waals surface area contributed by atoms with Crippen LogP contribution in [0.25, 0.3) is 0 Å². The van der Waals surface area contributed by atoms with E-state index in [4.69, 9.17) is 10.5 Å². The highest BCUT2D eigenvalue weighted by Crippen LogP contribution is 2.37. The summed E-state index contributed by atoms with van der Waals surface area (Å²) in [6.07, 6.45) is 2.70. The van der Waals surface area contributed by atoms with E-state index in [0.29, 0.717) is 0 Å². The summed E-state index contributed by atoms with van der Waals surface area (Å²) in [7, 11) is -1.85. The zero-order chi connectivity index (χ0) is 11.1. The maximum absolute atomic E-state index is 11.9. The van der Waals surface area contributed by atoms with Crippen molar-refractivity contribution in [1.82, 2.24) is 4.98 Å². The monoisotopic (exact) mass is 228 g/mol. The number of aromatic nitrogens is 1. The zero-order valence-electron chi connectivity index (χ0n) is 8.30. The topological polar surface area (TPSA) is 82.3 Å². The summed E-state index contributed by atoms with van der Waals surface area (Å²) >= 11 is 0. The number of rotatable bonds is 3. The third-order valence-electron chi connectivity index (χ3n) is 2.34. The molecule has 0 amide bonds. The van der Waals surface area contributed by atoms with Crippen LogP contribution in [0.3, 0.4) is 0 Å². The molecule has 0 radical (unpaired) electrons. The molecule has 1 fully saturated rings. The van der Waals surface area contributed by atoms with E-state index in [2.05, 4.69) is 4.98 Å². The summed E-state index contributed by atoms with van der Waals surface area (Å²) in [5.41, 5.74) is 5.45. The number of sulfone groups is 1. The van der Waals surface area contributed by atoms with Gasteiger partial charge in [-0.05, 0) is 12.8 Å². The molecule has 1 heterocycles. The Morgan fingerprint density at radius 1 is 1.53 bits per heavy atom. The molecule has 2 rings (SSSR count). The summed E-state index contributed by atoms with van der Waals surface area (Å²) in [6.45, 7) is 0. The van der Waals surface area contributed by atoms with E-state index in [1.165, 1.54) is 19.4 Å². The number of nitrogen functional groups attached to an aromatic ring is 1. The minimum atomic E-state index is -3.27. The second kappa shape index (κ2) is 3.37. The molecule has 6 heteroatoms. The van der Waals surface area contributed by atoms with Gasteiger partial charge in [0.2, 0.25) is 0 Å². The molecule has 0 saturated heterocycles. The quantitative estimate of drug-likeness (QED) is 0.819. The highest BCUT2D eigenvalue weighted by molar-refractivity contribution is 7.92. The van der Waals surface area contributed by atoms with Gasteiger partial charge >= 0.3 is 0 Å². The third kappa shape index (κ3) is 1.77. The number of ether oxygens (including phenoxy) is 1. The van der Waals surface area contributed by atoms with Gasteiger partial charge in [-0.15, -0.1) is 0 Å². The Morgan fingerprint density at radius 3 is 2.73 bits per heavy atom. The summed E-state index contributed by atoms with van der Waals surface area (Å²) < 4.78 is 28.8. The lowest BCUT2D eigenvalue weighted by Crippen LogP contribution is -2.10. The van der Waals surface area contributed by atoms with Crippen molar-refractivity contribution in [3.8, 4) is 5.75 Å². The molecule has 5 nitrogen and oxygen atoms in total. The fourth-order valence-corrected chi connectivity index (χ4v) is 3.11. The first-order valence-corrected chi connectivity index (χ1v) is 6.13. The van der Waals surface area contributed by atoms with Crippen molar-refractivity contribution in [2.75, 3.05) is 12.8 Å². The van der Waals surface area contributed by atoms with E-state index in [1.807, 2.05) is 0 Å². The van der Waals surface area contributed by atoms with Crippen LogP contribution in [-0.2, 0) is 9.84 Å². The van der Waals surface area contributed by atoms with Gasteiger partial charge in [-0.1, -0.05) is 0 Å². The van der Waals surface area contributed by atoms with Gasteiger partial charge in [0.1, 0.15) is 16.5 Å². The SMILES string of the molecule is COc1cc(N)ncc1S(=O)(=O)C1CC1. The lowest BCUT2D eigenvalue weighted by molar-refractivity contribution is 0.402. The molecule has 1 aliphatic rings. The first-order chi connectivity index (χ1) is 7.05. The Hall–Kier alpha value is -1.30. The van der Waals surface area contributed by atoms with Gasteiger partial charge < -0.3 is 10.5 Å². The molecule has 0 atom stereocenters. The molecule has 15 heavy (non-hydrogen) atoms. The number of nitrogens with zero attached hydrogens (tertiary/aromatic N) is 1. The molecule has 82 valence electrons. The second-order valence-corrected chi connectivity index (χ2v) is 5.70. The van der Waals surface area contributed by atoms with Crippen LogP contribution in [0.2, 0.25) is 0 Å². The molecule has 2 N–H and O–H groups in total. The molecule has 1 aliphatic carbocycles. The van der Waals surface area contributed by atoms with Crippen LogP contribution in [0.5, 0.6) is 5.75 Å². The van der Waals surface area contributed by atoms with Gasteiger partial charge in [-0.25, -0.2) is 13.4 Å². The van der Waals surface area contributed by atoms with Crippen LogP contribution in [-0.4, -0.2) is 25.8 Å². The van der Waals surface area contributed by atoms with Gasteiger partial charge in [0.25, 0.3) is 0 Å². The standard InChI is InChI=1S/C9H12N2O3S/c1-14-7-4-9(10)11-5-8(7)15(12,13)6-2-3-6/h4-6H,2-3H2,1H3,(H2,10,11). The Morgan fingerprint density at radius 2 is 2.20 bits per heavy atom. The molecule has 1 saturated carbocycles. The highest BCUT2D eigenvalue weighted by atomic mass is 32.2. The summed E-state index contributed by atoms with van der Waals surface area (Å²) in [5, 5.41) is -0.267. The molecule has 0 unspecified atom stereocenters. The Balaban J connectivity index is 2.52. The Labute approximate surface area is 88.2 Å². The fraction of sp³-hybridized carbons (Fsp3) is 0.444. The molecule has 0 aliphatic heterocycles. The first-order valence-electron chi connectivity index (χ1n) is 4.59. The Bertz CT molecular complexity index is 480. The number of nitrogens with two attached hydrogens (primary N) is 1. The average molecular weight is 228 g/mol. The summed E-state index contributed by atoms with van der Waals surface area (Å²) in [5.74, 6) is 0.524. The predicted molar refractivity (Wildman–Crippen MR) is 55.4 cm³/mol. The normalized spacial score (nSPS) is 16.3. The molecule has 0 bridgehead atoms. The maximum atomic E-state index is 11.9. The Kier molecular flexibility index (Phi) is 2.30. The molecule has 1 aromatic rings. The molecular weight excluding hydrogens is 216 g/mol. The molecule has 0 aromatic carbocycles. The van der Waals surface area contributed by atoms with E-state index >= 15 is 0 Å². The van der Waals surface area contributed by atoms with E-state index in [1.54, 1.807) is 0 Å². The van der Waals surface area contributed by atoms with Crippen LogP contribution in [0.4, 0.5) is 5.82 Å². The van der Waals surface area contributed by atoms with E-state index in [-0.39, 0.29) is 21.7 Å².